The number of nitrogens with zero attached hydrogens (tertiary/aromatic N) is 2. The van der Waals surface area contributed by atoms with Crippen LogP contribution in [0.2, 0.25) is 0 Å². The predicted molar refractivity (Wildman–Crippen MR) is 104 cm³/mol. The second-order valence-electron chi connectivity index (χ2n) is 6.96. The Labute approximate surface area is 160 Å². The maximum Gasteiger partial charge on any atom is 0.263 e. The number of H-pyrrole nitrogens is 1. The molecule has 3 N–H and O–H groups in total. The number of aromatic nitrogens is 3. The van der Waals surface area contributed by atoms with Crippen molar-refractivity contribution in [1.82, 2.24) is 25.0 Å². The highest BCUT2D eigenvalue weighted by Gasteiger charge is 2.34. The first-order valence-electron chi connectivity index (χ1n) is 9.10. The summed E-state index contributed by atoms with van der Waals surface area (Å²) >= 11 is 1.18. The highest BCUT2D eigenvalue weighted by Crippen LogP contribution is 2.28. The van der Waals surface area contributed by atoms with Gasteiger partial charge in [0.15, 0.2) is 0 Å². The van der Waals surface area contributed by atoms with Crippen LogP contribution in [0.5, 0.6) is 0 Å². The monoisotopic (exact) mass is 383 g/mol. The quantitative estimate of drug-likeness (QED) is 0.631. The van der Waals surface area contributed by atoms with Crippen LogP contribution in [0, 0.1) is 0 Å². The number of hydrogen-bond donors (Lipinski definition) is 3. The lowest BCUT2D eigenvalue weighted by molar-refractivity contribution is 0.0836. The first-order chi connectivity index (χ1) is 13.2. The van der Waals surface area contributed by atoms with E-state index in [1.165, 1.54) is 11.5 Å². The summed E-state index contributed by atoms with van der Waals surface area (Å²) in [6.07, 6.45) is 8.13. The minimum Gasteiger partial charge on any atom is -0.350 e. The van der Waals surface area contributed by atoms with Crippen molar-refractivity contribution in [3.63, 3.8) is 0 Å². The molecule has 0 saturated heterocycles. The van der Waals surface area contributed by atoms with Gasteiger partial charge in [0, 0.05) is 12.7 Å². The van der Waals surface area contributed by atoms with E-state index in [1.54, 1.807) is 24.7 Å². The van der Waals surface area contributed by atoms with Crippen molar-refractivity contribution in [1.29, 1.82) is 0 Å². The Hall–Kier alpha value is -2.74. The highest BCUT2D eigenvalue weighted by atomic mass is 32.1. The number of carbonyl (C=O) groups is 2. The molecule has 3 aromatic rings. The third-order valence-corrected chi connectivity index (χ3v) is 5.88. The summed E-state index contributed by atoms with van der Waals surface area (Å²) in [5, 5.41) is 6.19. The van der Waals surface area contributed by atoms with E-state index in [1.807, 2.05) is 12.1 Å². The smallest absolute Gasteiger partial charge is 0.263 e. The van der Waals surface area contributed by atoms with Gasteiger partial charge in [-0.1, -0.05) is 25.3 Å². The van der Waals surface area contributed by atoms with Crippen LogP contribution in [0.3, 0.4) is 0 Å². The summed E-state index contributed by atoms with van der Waals surface area (Å²) in [5.74, 6) is -0.298. The molecule has 0 bridgehead atoms. The second kappa shape index (κ2) is 7.48. The lowest BCUT2D eigenvalue weighted by atomic mass is 9.81. The lowest BCUT2D eigenvalue weighted by Gasteiger charge is -2.38. The molecule has 1 saturated carbocycles. The van der Waals surface area contributed by atoms with Crippen LogP contribution >= 0.6 is 11.5 Å². The van der Waals surface area contributed by atoms with E-state index in [0.717, 1.165) is 37.6 Å². The van der Waals surface area contributed by atoms with Crippen LogP contribution in [0.15, 0.2) is 36.8 Å². The largest absolute Gasteiger partial charge is 0.350 e. The summed E-state index contributed by atoms with van der Waals surface area (Å²) in [6.45, 7) is 0.400. The van der Waals surface area contributed by atoms with Gasteiger partial charge in [0.1, 0.15) is 10.4 Å². The van der Waals surface area contributed by atoms with Crippen molar-refractivity contribution in [3.8, 4) is 0 Å². The predicted octanol–water partition coefficient (Wildman–Crippen LogP) is 2.88. The fourth-order valence-electron chi connectivity index (χ4n) is 3.70. The maximum atomic E-state index is 12.8. The zero-order valence-electron chi connectivity index (χ0n) is 14.8. The van der Waals surface area contributed by atoms with Crippen molar-refractivity contribution >= 4 is 34.4 Å². The molecular weight excluding hydrogens is 362 g/mol. The van der Waals surface area contributed by atoms with Crippen LogP contribution in [0.25, 0.3) is 11.0 Å². The van der Waals surface area contributed by atoms with E-state index >= 15 is 0 Å². The third kappa shape index (κ3) is 3.71. The van der Waals surface area contributed by atoms with Crippen LogP contribution in [-0.4, -0.2) is 38.2 Å². The van der Waals surface area contributed by atoms with Crippen molar-refractivity contribution in [2.45, 2.75) is 37.6 Å². The van der Waals surface area contributed by atoms with Crippen LogP contribution in [0.4, 0.5) is 0 Å². The van der Waals surface area contributed by atoms with Crippen molar-refractivity contribution in [2.75, 3.05) is 6.54 Å². The average molecular weight is 383 g/mol. The number of rotatable bonds is 5. The van der Waals surface area contributed by atoms with E-state index in [4.69, 9.17) is 0 Å². The highest BCUT2D eigenvalue weighted by molar-refractivity contribution is 7.08. The molecule has 1 aromatic carbocycles. The number of nitrogens with one attached hydrogen (secondary N) is 3. The van der Waals surface area contributed by atoms with Crippen molar-refractivity contribution in [3.05, 3.63) is 47.2 Å². The van der Waals surface area contributed by atoms with E-state index < -0.39 is 5.54 Å². The molecule has 1 fully saturated rings. The number of imidazole rings is 1. The first kappa shape index (κ1) is 17.7. The number of carbonyl (C=O) groups excluding carboxylic acids is 2. The molecule has 2 aromatic heterocycles. The first-order valence-corrected chi connectivity index (χ1v) is 9.88. The molecule has 0 radical (unpaired) electrons. The van der Waals surface area contributed by atoms with Gasteiger partial charge in [-0.3, -0.25) is 9.59 Å². The molecule has 1 aliphatic rings. The molecule has 7 nitrogen and oxygen atoms in total. The topological polar surface area (TPSA) is 99.8 Å². The van der Waals surface area contributed by atoms with Gasteiger partial charge in [-0.15, -0.1) is 0 Å². The summed E-state index contributed by atoms with van der Waals surface area (Å²) < 4.78 is 4.00. The van der Waals surface area contributed by atoms with Crippen molar-refractivity contribution in [2.24, 2.45) is 0 Å². The van der Waals surface area contributed by atoms with Crippen LogP contribution in [-0.2, 0) is 0 Å². The number of amides is 2. The Balaban J connectivity index is 1.49. The maximum absolute atomic E-state index is 12.8. The molecule has 0 spiro atoms. The van der Waals surface area contributed by atoms with Crippen molar-refractivity contribution < 1.29 is 9.59 Å². The number of fused-ring (bicyclic) bond motifs is 1. The zero-order valence-corrected chi connectivity index (χ0v) is 15.6. The zero-order chi connectivity index (χ0) is 18.7. The summed E-state index contributed by atoms with van der Waals surface area (Å²) in [4.78, 5) is 33.2. The van der Waals surface area contributed by atoms with Gasteiger partial charge in [-0.25, -0.2) is 9.36 Å². The van der Waals surface area contributed by atoms with Gasteiger partial charge < -0.3 is 15.6 Å². The fourth-order valence-corrected chi connectivity index (χ4v) is 4.19. The molecule has 140 valence electrons. The number of hydrogen-bond acceptors (Lipinski definition) is 5. The van der Waals surface area contributed by atoms with Gasteiger partial charge in [0.2, 0.25) is 0 Å². The number of aromatic amines is 1. The number of benzene rings is 1. The fraction of sp³-hybridized carbons (Fsp3) is 0.368. The third-order valence-electron chi connectivity index (χ3n) is 5.13. The summed E-state index contributed by atoms with van der Waals surface area (Å²) in [5.41, 5.74) is 1.59. The van der Waals surface area contributed by atoms with E-state index in [0.29, 0.717) is 22.5 Å². The minimum absolute atomic E-state index is 0.122. The van der Waals surface area contributed by atoms with Gasteiger partial charge in [-0.05, 0) is 42.6 Å². The minimum atomic E-state index is -0.422. The standard InChI is InChI=1S/C19H21N5O2S/c25-17(13-5-4-6-14-16(13)22-12-21-14)20-11-19(8-2-1-3-9-19)24-18(26)15-7-10-23-27-15/h4-7,10,12H,1-3,8-9,11H2,(H,20,25)(H,21,22)(H,24,26). The molecule has 0 unspecified atom stereocenters. The molecule has 8 heteroatoms. The number of para-hydroxylation sites is 1. The van der Waals surface area contributed by atoms with E-state index in [9.17, 15) is 9.59 Å². The lowest BCUT2D eigenvalue weighted by Crippen LogP contribution is -2.56. The Morgan fingerprint density at radius 3 is 2.78 bits per heavy atom. The Bertz CT molecular complexity index is 944. The molecular formula is C19H21N5O2S. The molecule has 4 rings (SSSR count). The van der Waals surface area contributed by atoms with Crippen LogP contribution < -0.4 is 10.6 Å². The normalized spacial score (nSPS) is 16.1. The van der Waals surface area contributed by atoms with Gasteiger partial charge >= 0.3 is 0 Å². The average Bonchev–Trinajstić information content (AvgIpc) is 3.38. The van der Waals surface area contributed by atoms with E-state index in [-0.39, 0.29) is 11.8 Å². The molecule has 27 heavy (non-hydrogen) atoms. The Morgan fingerprint density at radius 2 is 2.00 bits per heavy atom. The SMILES string of the molecule is O=C(NC1(CNC(=O)c2cccc3[nH]cnc23)CCCCC1)c1ccns1. The molecule has 0 atom stereocenters. The molecule has 1 aliphatic carbocycles. The molecule has 2 amide bonds. The molecule has 2 heterocycles. The summed E-state index contributed by atoms with van der Waals surface area (Å²) in [6, 6.07) is 7.20. The van der Waals surface area contributed by atoms with Gasteiger partial charge in [-0.2, -0.15) is 0 Å². The van der Waals surface area contributed by atoms with Gasteiger partial charge in [0.05, 0.1) is 22.9 Å². The second-order valence-corrected chi connectivity index (χ2v) is 7.79. The Kier molecular flexibility index (Phi) is 4.89. The molecule has 0 aliphatic heterocycles. The Morgan fingerprint density at radius 1 is 1.15 bits per heavy atom. The summed E-state index contributed by atoms with van der Waals surface area (Å²) in [7, 11) is 0. The van der Waals surface area contributed by atoms with Crippen LogP contribution in [0.1, 0.15) is 52.1 Å². The van der Waals surface area contributed by atoms with Gasteiger partial charge in [0.25, 0.3) is 11.8 Å². The van der Waals surface area contributed by atoms with E-state index in [2.05, 4.69) is 25.0 Å².